The van der Waals surface area contributed by atoms with Crippen LogP contribution < -0.4 is 10.1 Å². The zero-order chi connectivity index (χ0) is 13.1. The Morgan fingerprint density at radius 2 is 2.22 bits per heavy atom. The third kappa shape index (κ3) is 2.90. The van der Waals surface area contributed by atoms with E-state index in [2.05, 4.69) is 5.32 Å². The molecule has 0 saturated heterocycles. The number of halogens is 2. The third-order valence-electron chi connectivity index (χ3n) is 3.16. The summed E-state index contributed by atoms with van der Waals surface area (Å²) in [6, 6.07) is 5.00. The number of carbonyl (C=O) groups excluding carboxylic acids is 1. The normalized spacial score (nSPS) is 22.8. The van der Waals surface area contributed by atoms with Crippen LogP contribution in [0.2, 0.25) is 5.02 Å². The van der Waals surface area contributed by atoms with Gasteiger partial charge in [0.25, 0.3) is 5.91 Å². The van der Waals surface area contributed by atoms with Gasteiger partial charge < -0.3 is 10.1 Å². The van der Waals surface area contributed by atoms with Gasteiger partial charge in [-0.1, -0.05) is 11.6 Å². The monoisotopic (exact) mass is 287 g/mol. The number of benzene rings is 1. The topological polar surface area (TPSA) is 38.3 Å². The third-order valence-corrected chi connectivity index (χ3v) is 3.91. The average Bonchev–Trinajstić information content (AvgIpc) is 2.74. The number of amides is 1. The van der Waals surface area contributed by atoms with Crippen LogP contribution in [0.15, 0.2) is 18.2 Å². The van der Waals surface area contributed by atoms with Crippen LogP contribution in [0.25, 0.3) is 0 Å². The molecule has 1 amide bonds. The highest BCUT2D eigenvalue weighted by molar-refractivity contribution is 6.30. The number of hydrogen-bond acceptors (Lipinski definition) is 2. The summed E-state index contributed by atoms with van der Waals surface area (Å²) < 4.78 is 5.16. The van der Waals surface area contributed by atoms with E-state index in [1.807, 2.05) is 0 Å². The first-order valence-corrected chi connectivity index (χ1v) is 6.71. The highest BCUT2D eigenvalue weighted by atomic mass is 35.5. The van der Waals surface area contributed by atoms with Gasteiger partial charge in [-0.2, -0.15) is 0 Å². The van der Waals surface area contributed by atoms with Crippen LogP contribution in [-0.2, 0) is 0 Å². The second-order valence-corrected chi connectivity index (χ2v) is 5.37. The Hall–Kier alpha value is -0.930. The van der Waals surface area contributed by atoms with E-state index in [-0.39, 0.29) is 17.3 Å². The van der Waals surface area contributed by atoms with E-state index in [1.165, 1.54) is 7.11 Å². The van der Waals surface area contributed by atoms with E-state index in [0.29, 0.717) is 16.3 Å². The van der Waals surface area contributed by atoms with Crippen LogP contribution in [0.3, 0.4) is 0 Å². The van der Waals surface area contributed by atoms with Gasteiger partial charge >= 0.3 is 0 Å². The van der Waals surface area contributed by atoms with Crippen molar-refractivity contribution in [3.8, 4) is 5.75 Å². The summed E-state index contributed by atoms with van der Waals surface area (Å²) in [5, 5.41) is 3.51. The summed E-state index contributed by atoms with van der Waals surface area (Å²) in [5.41, 5.74) is 0.484. The lowest BCUT2D eigenvalue weighted by atomic mass is 10.1. The van der Waals surface area contributed by atoms with Crippen molar-refractivity contribution in [2.24, 2.45) is 0 Å². The Balaban J connectivity index is 2.13. The molecule has 2 rings (SSSR count). The molecule has 0 aromatic heterocycles. The molecule has 98 valence electrons. The van der Waals surface area contributed by atoms with Gasteiger partial charge in [0.2, 0.25) is 0 Å². The first-order chi connectivity index (χ1) is 8.61. The largest absolute Gasteiger partial charge is 0.496 e. The van der Waals surface area contributed by atoms with E-state index in [1.54, 1.807) is 18.2 Å². The molecule has 3 nitrogen and oxygen atoms in total. The zero-order valence-electron chi connectivity index (χ0n) is 10.1. The Labute approximate surface area is 116 Å². The molecule has 18 heavy (non-hydrogen) atoms. The first-order valence-electron chi connectivity index (χ1n) is 5.90. The molecule has 1 aromatic carbocycles. The van der Waals surface area contributed by atoms with Crippen LogP contribution in [0.1, 0.15) is 29.6 Å². The quantitative estimate of drug-likeness (QED) is 0.867. The van der Waals surface area contributed by atoms with Crippen molar-refractivity contribution >= 4 is 29.1 Å². The fraction of sp³-hybridized carbons (Fsp3) is 0.462. The van der Waals surface area contributed by atoms with Gasteiger partial charge in [-0.05, 0) is 37.5 Å². The molecule has 1 aliphatic rings. The van der Waals surface area contributed by atoms with Gasteiger partial charge in [0, 0.05) is 11.1 Å². The molecule has 0 spiro atoms. The zero-order valence-corrected chi connectivity index (χ0v) is 11.6. The minimum atomic E-state index is -0.166. The molecule has 1 N–H and O–H groups in total. The fourth-order valence-corrected chi connectivity index (χ4v) is 2.68. The molecule has 0 aliphatic heterocycles. The van der Waals surface area contributed by atoms with E-state index in [4.69, 9.17) is 27.9 Å². The van der Waals surface area contributed by atoms with E-state index >= 15 is 0 Å². The van der Waals surface area contributed by atoms with Crippen molar-refractivity contribution in [3.05, 3.63) is 28.8 Å². The summed E-state index contributed by atoms with van der Waals surface area (Å²) in [5.74, 6) is 0.310. The van der Waals surface area contributed by atoms with Crippen LogP contribution in [0, 0.1) is 0 Å². The molecule has 2 atom stereocenters. The van der Waals surface area contributed by atoms with Crippen molar-refractivity contribution in [2.75, 3.05) is 7.11 Å². The first kappa shape index (κ1) is 13.5. The smallest absolute Gasteiger partial charge is 0.255 e. The average molecular weight is 288 g/mol. The second-order valence-electron chi connectivity index (χ2n) is 4.37. The fourth-order valence-electron chi connectivity index (χ4n) is 2.18. The van der Waals surface area contributed by atoms with Crippen molar-refractivity contribution in [3.63, 3.8) is 0 Å². The summed E-state index contributed by atoms with van der Waals surface area (Å²) in [6.45, 7) is 0. The minimum absolute atomic E-state index is 0.0206. The molecule has 1 fully saturated rings. The summed E-state index contributed by atoms with van der Waals surface area (Å²) >= 11 is 12.0. The van der Waals surface area contributed by atoms with Crippen LogP contribution >= 0.6 is 23.2 Å². The molecule has 2 unspecified atom stereocenters. The Morgan fingerprint density at radius 3 is 2.83 bits per heavy atom. The highest BCUT2D eigenvalue weighted by Gasteiger charge is 2.27. The molecular weight excluding hydrogens is 273 g/mol. The van der Waals surface area contributed by atoms with E-state index < -0.39 is 0 Å². The van der Waals surface area contributed by atoms with Crippen molar-refractivity contribution in [2.45, 2.75) is 30.7 Å². The Kier molecular flexibility index (Phi) is 4.36. The predicted molar refractivity (Wildman–Crippen MR) is 72.8 cm³/mol. The Morgan fingerprint density at radius 1 is 1.44 bits per heavy atom. The number of nitrogens with one attached hydrogen (secondary N) is 1. The van der Waals surface area contributed by atoms with Gasteiger partial charge in [0.05, 0.1) is 18.1 Å². The van der Waals surface area contributed by atoms with Crippen molar-refractivity contribution in [1.29, 1.82) is 0 Å². The number of carbonyl (C=O) groups is 1. The number of ether oxygens (including phenoxy) is 1. The molecule has 0 heterocycles. The molecule has 1 saturated carbocycles. The lowest BCUT2D eigenvalue weighted by molar-refractivity contribution is 0.0935. The van der Waals surface area contributed by atoms with Crippen molar-refractivity contribution in [1.82, 2.24) is 5.32 Å². The highest BCUT2D eigenvalue weighted by Crippen LogP contribution is 2.26. The van der Waals surface area contributed by atoms with E-state index in [0.717, 1.165) is 19.3 Å². The predicted octanol–water partition coefficient (Wildman–Crippen LogP) is 3.24. The van der Waals surface area contributed by atoms with Gasteiger partial charge in [-0.25, -0.2) is 0 Å². The Bertz CT molecular complexity index is 451. The maximum atomic E-state index is 12.1. The van der Waals surface area contributed by atoms with Gasteiger partial charge in [0.1, 0.15) is 5.75 Å². The van der Waals surface area contributed by atoms with Crippen molar-refractivity contribution < 1.29 is 9.53 Å². The standard InChI is InChI=1S/C13H15Cl2NO2/c1-18-12-7-8(14)5-6-9(12)13(17)16-11-4-2-3-10(11)15/h5-7,10-11H,2-4H2,1H3,(H,16,17). The summed E-state index contributed by atoms with van der Waals surface area (Å²) in [6.07, 6.45) is 2.93. The molecule has 0 bridgehead atoms. The maximum absolute atomic E-state index is 12.1. The van der Waals surface area contributed by atoms with Gasteiger partial charge in [0.15, 0.2) is 0 Å². The second kappa shape index (κ2) is 5.81. The molecular formula is C13H15Cl2NO2. The molecule has 1 aliphatic carbocycles. The molecule has 1 aromatic rings. The molecule has 5 heteroatoms. The number of hydrogen-bond donors (Lipinski definition) is 1. The summed E-state index contributed by atoms with van der Waals surface area (Å²) in [7, 11) is 1.52. The number of rotatable bonds is 3. The number of alkyl halides is 1. The number of methoxy groups -OCH3 is 1. The lowest BCUT2D eigenvalue weighted by Gasteiger charge is -2.17. The van der Waals surface area contributed by atoms with Crippen LogP contribution in [-0.4, -0.2) is 24.4 Å². The minimum Gasteiger partial charge on any atom is -0.496 e. The summed E-state index contributed by atoms with van der Waals surface area (Å²) in [4.78, 5) is 12.1. The van der Waals surface area contributed by atoms with Gasteiger partial charge in [-0.15, -0.1) is 11.6 Å². The van der Waals surface area contributed by atoms with Crippen LogP contribution in [0.4, 0.5) is 0 Å². The molecule has 0 radical (unpaired) electrons. The van der Waals surface area contributed by atoms with Gasteiger partial charge in [-0.3, -0.25) is 4.79 Å². The van der Waals surface area contributed by atoms with E-state index in [9.17, 15) is 4.79 Å². The maximum Gasteiger partial charge on any atom is 0.255 e. The SMILES string of the molecule is COc1cc(Cl)ccc1C(=O)NC1CCCC1Cl. The lowest BCUT2D eigenvalue weighted by Crippen LogP contribution is -2.38. The van der Waals surface area contributed by atoms with Crippen LogP contribution in [0.5, 0.6) is 5.75 Å².